The largest absolute Gasteiger partial charge is 0.481 e. The van der Waals surface area contributed by atoms with E-state index in [9.17, 15) is 14.7 Å². The van der Waals surface area contributed by atoms with Crippen LogP contribution in [0.25, 0.3) is 0 Å². The van der Waals surface area contributed by atoms with Crippen LogP contribution >= 0.6 is 0 Å². The lowest BCUT2D eigenvalue weighted by molar-refractivity contribution is -0.141. The van der Waals surface area contributed by atoms with Crippen LogP contribution in [0.15, 0.2) is 30.3 Å². The molecule has 3 N–H and O–H groups in total. The topological polar surface area (TPSA) is 86.6 Å². The Kier molecular flexibility index (Phi) is 4.23. The van der Waals surface area contributed by atoms with Gasteiger partial charge in [0.05, 0.1) is 12.0 Å². The Balaban J connectivity index is 2.51. The second-order valence-electron chi connectivity index (χ2n) is 4.12. The van der Waals surface area contributed by atoms with Gasteiger partial charge in [0.25, 0.3) is 5.91 Å². The molecule has 1 aromatic carbocycles. The Morgan fingerprint density at radius 3 is 2.41 bits per heavy atom. The van der Waals surface area contributed by atoms with Crippen LogP contribution in [-0.2, 0) is 4.79 Å². The summed E-state index contributed by atoms with van der Waals surface area (Å²) >= 11 is 0. The van der Waals surface area contributed by atoms with Gasteiger partial charge in [0.1, 0.15) is 0 Å². The second kappa shape index (κ2) is 5.45. The van der Waals surface area contributed by atoms with Crippen LogP contribution in [0.2, 0.25) is 0 Å². The lowest BCUT2D eigenvalue weighted by atomic mass is 10.0. The number of hydrogen-bond donors (Lipinski definition) is 3. The maximum absolute atomic E-state index is 11.6. The predicted molar refractivity (Wildman–Crippen MR) is 61.7 cm³/mol. The van der Waals surface area contributed by atoms with Gasteiger partial charge in [-0.3, -0.25) is 9.59 Å². The van der Waals surface area contributed by atoms with Crippen LogP contribution in [0.3, 0.4) is 0 Å². The van der Waals surface area contributed by atoms with E-state index in [-0.39, 0.29) is 12.5 Å². The number of nitrogens with one attached hydrogen (secondary N) is 1. The smallest absolute Gasteiger partial charge is 0.306 e. The molecule has 1 rings (SSSR count). The summed E-state index contributed by atoms with van der Waals surface area (Å²) in [7, 11) is 0. The zero-order valence-electron chi connectivity index (χ0n) is 9.51. The number of aliphatic carboxylic acids is 1. The van der Waals surface area contributed by atoms with Crippen LogP contribution in [0.4, 0.5) is 0 Å². The highest BCUT2D eigenvalue weighted by Crippen LogP contribution is 2.08. The molecule has 0 bridgehead atoms. The first kappa shape index (κ1) is 13.2. The molecule has 1 atom stereocenters. The molecule has 1 unspecified atom stereocenters. The molecule has 0 saturated heterocycles. The summed E-state index contributed by atoms with van der Waals surface area (Å²) in [6, 6.07) is 8.52. The molecule has 0 aliphatic rings. The van der Waals surface area contributed by atoms with Crippen molar-refractivity contribution in [3.05, 3.63) is 35.9 Å². The molecule has 0 heterocycles. The van der Waals surface area contributed by atoms with E-state index in [1.807, 2.05) is 0 Å². The molecule has 5 heteroatoms. The van der Waals surface area contributed by atoms with E-state index >= 15 is 0 Å². The molecular weight excluding hydrogens is 222 g/mol. The van der Waals surface area contributed by atoms with E-state index in [0.717, 1.165) is 0 Å². The molecule has 0 aromatic heterocycles. The third-order valence-corrected chi connectivity index (χ3v) is 2.20. The Labute approximate surface area is 99.1 Å². The molecule has 0 aliphatic heterocycles. The monoisotopic (exact) mass is 237 g/mol. The third-order valence-electron chi connectivity index (χ3n) is 2.20. The zero-order valence-corrected chi connectivity index (χ0v) is 9.51. The van der Waals surface area contributed by atoms with Gasteiger partial charge in [-0.05, 0) is 19.1 Å². The lowest BCUT2D eigenvalue weighted by Gasteiger charge is -2.21. The molecule has 0 spiro atoms. The highest BCUT2D eigenvalue weighted by Gasteiger charge is 2.24. The number of amides is 1. The Hall–Kier alpha value is -1.88. The maximum atomic E-state index is 11.6. The average Bonchev–Trinajstić information content (AvgIpc) is 2.25. The van der Waals surface area contributed by atoms with E-state index in [2.05, 4.69) is 5.32 Å². The number of hydrogen-bond acceptors (Lipinski definition) is 3. The van der Waals surface area contributed by atoms with Gasteiger partial charge in [-0.1, -0.05) is 18.2 Å². The molecule has 1 aromatic rings. The van der Waals surface area contributed by atoms with Gasteiger partial charge < -0.3 is 15.5 Å². The van der Waals surface area contributed by atoms with Crippen LogP contribution in [0.1, 0.15) is 23.7 Å². The minimum Gasteiger partial charge on any atom is -0.481 e. The molecule has 92 valence electrons. The molecular formula is C12H15NO4. The summed E-state index contributed by atoms with van der Waals surface area (Å²) in [6.07, 6.45) is -0.415. The van der Waals surface area contributed by atoms with Crippen molar-refractivity contribution in [1.29, 1.82) is 0 Å². The molecule has 1 amide bonds. The molecule has 0 radical (unpaired) electrons. The standard InChI is InChI=1S/C12H15NO4/c1-12(17,7-10(14)15)8-13-11(16)9-5-3-2-4-6-9/h2-6,17H,7-8H2,1H3,(H,13,16)(H,14,15). The molecule has 0 fully saturated rings. The summed E-state index contributed by atoms with van der Waals surface area (Å²) in [5.41, 5.74) is -0.977. The second-order valence-corrected chi connectivity index (χ2v) is 4.12. The van der Waals surface area contributed by atoms with Crippen molar-refractivity contribution in [1.82, 2.24) is 5.32 Å². The van der Waals surface area contributed by atoms with Crippen molar-refractivity contribution in [3.8, 4) is 0 Å². The molecule has 17 heavy (non-hydrogen) atoms. The fourth-order valence-electron chi connectivity index (χ4n) is 1.35. The number of carbonyl (C=O) groups excluding carboxylic acids is 1. The Morgan fingerprint density at radius 1 is 1.29 bits per heavy atom. The molecule has 0 saturated carbocycles. The average molecular weight is 237 g/mol. The third kappa shape index (κ3) is 4.65. The van der Waals surface area contributed by atoms with Crippen molar-refractivity contribution in [2.75, 3.05) is 6.54 Å². The number of carboxylic acids is 1. The summed E-state index contributed by atoms with van der Waals surface area (Å²) in [4.78, 5) is 22.1. The quantitative estimate of drug-likeness (QED) is 0.701. The SMILES string of the molecule is CC(O)(CNC(=O)c1ccccc1)CC(=O)O. The highest BCUT2D eigenvalue weighted by atomic mass is 16.4. The van der Waals surface area contributed by atoms with Gasteiger partial charge in [-0.25, -0.2) is 0 Å². The number of benzene rings is 1. The fraction of sp³-hybridized carbons (Fsp3) is 0.333. The van der Waals surface area contributed by atoms with Gasteiger partial charge in [-0.2, -0.15) is 0 Å². The molecule has 5 nitrogen and oxygen atoms in total. The van der Waals surface area contributed by atoms with Gasteiger partial charge in [0.2, 0.25) is 0 Å². The van der Waals surface area contributed by atoms with E-state index in [1.165, 1.54) is 6.92 Å². The summed E-state index contributed by atoms with van der Waals surface area (Å²) in [6.45, 7) is 1.26. The van der Waals surface area contributed by atoms with Crippen molar-refractivity contribution in [2.24, 2.45) is 0 Å². The summed E-state index contributed by atoms with van der Waals surface area (Å²) in [5, 5.41) is 20.7. The van der Waals surface area contributed by atoms with Gasteiger partial charge >= 0.3 is 5.97 Å². The number of carbonyl (C=O) groups is 2. The van der Waals surface area contributed by atoms with Crippen molar-refractivity contribution < 1.29 is 19.8 Å². The molecule has 0 aliphatic carbocycles. The highest BCUT2D eigenvalue weighted by molar-refractivity contribution is 5.94. The lowest BCUT2D eigenvalue weighted by Crippen LogP contribution is -2.42. The number of rotatable bonds is 5. The first-order valence-electron chi connectivity index (χ1n) is 5.18. The predicted octanol–water partition coefficient (Wildman–Crippen LogP) is 0.642. The first-order chi connectivity index (χ1) is 7.91. The van der Waals surface area contributed by atoms with E-state index in [0.29, 0.717) is 5.56 Å². The minimum absolute atomic E-state index is 0.104. The van der Waals surface area contributed by atoms with Crippen LogP contribution in [-0.4, -0.2) is 34.2 Å². The fourth-order valence-corrected chi connectivity index (χ4v) is 1.35. The van der Waals surface area contributed by atoms with Crippen LogP contribution in [0, 0.1) is 0 Å². The van der Waals surface area contributed by atoms with Crippen molar-refractivity contribution >= 4 is 11.9 Å². The number of aliphatic hydroxyl groups is 1. The van der Waals surface area contributed by atoms with Crippen molar-refractivity contribution in [3.63, 3.8) is 0 Å². The Bertz CT molecular complexity index is 400. The van der Waals surface area contributed by atoms with Crippen LogP contribution < -0.4 is 5.32 Å². The minimum atomic E-state index is -1.45. The normalized spacial score (nSPS) is 13.8. The van der Waals surface area contributed by atoms with Gasteiger partial charge in [0.15, 0.2) is 0 Å². The zero-order chi connectivity index (χ0) is 12.9. The van der Waals surface area contributed by atoms with E-state index in [4.69, 9.17) is 5.11 Å². The van der Waals surface area contributed by atoms with Gasteiger partial charge in [0, 0.05) is 12.1 Å². The maximum Gasteiger partial charge on any atom is 0.306 e. The number of carboxylic acid groups (broad SMARTS) is 1. The van der Waals surface area contributed by atoms with Crippen molar-refractivity contribution in [2.45, 2.75) is 18.9 Å². The van der Waals surface area contributed by atoms with E-state index in [1.54, 1.807) is 30.3 Å². The summed E-state index contributed by atoms with van der Waals surface area (Å²) in [5.74, 6) is -1.44. The summed E-state index contributed by atoms with van der Waals surface area (Å²) < 4.78 is 0. The van der Waals surface area contributed by atoms with E-state index < -0.39 is 18.0 Å². The first-order valence-corrected chi connectivity index (χ1v) is 5.18. The Morgan fingerprint density at radius 2 is 1.88 bits per heavy atom. The van der Waals surface area contributed by atoms with Crippen LogP contribution in [0.5, 0.6) is 0 Å². The van der Waals surface area contributed by atoms with Gasteiger partial charge in [-0.15, -0.1) is 0 Å².